The molecule has 1 aliphatic carbocycles. The van der Waals surface area contributed by atoms with Gasteiger partial charge in [-0.3, -0.25) is 9.36 Å². The van der Waals surface area contributed by atoms with Crippen LogP contribution in [0.3, 0.4) is 0 Å². The van der Waals surface area contributed by atoms with E-state index >= 15 is 0 Å². The van der Waals surface area contributed by atoms with Crippen LogP contribution in [0.1, 0.15) is 61.5 Å². The number of hydrogen-bond acceptors (Lipinski definition) is 7. The van der Waals surface area contributed by atoms with Crippen LogP contribution < -0.4 is 5.56 Å². The Morgan fingerprint density at radius 3 is 2.64 bits per heavy atom. The summed E-state index contributed by atoms with van der Waals surface area (Å²) in [4.78, 5) is 25.6. The van der Waals surface area contributed by atoms with E-state index in [1.165, 1.54) is 14.0 Å². The molecule has 2 aromatic rings. The van der Waals surface area contributed by atoms with Crippen LogP contribution in [0.4, 0.5) is 11.4 Å². The minimum absolute atomic E-state index is 0.0509. The van der Waals surface area contributed by atoms with Crippen LogP contribution in [0, 0.1) is 36.0 Å². The summed E-state index contributed by atoms with van der Waals surface area (Å²) in [5, 5.41) is 27.5. The molecule has 3 unspecified atom stereocenters. The Hall–Kier alpha value is -3.47. The lowest BCUT2D eigenvalue weighted by atomic mass is 9.75. The average Bonchev–Trinajstić information content (AvgIpc) is 2.79. The molecule has 1 saturated carbocycles. The number of benzene rings is 1. The normalized spacial score (nSPS) is 20.7. The first-order valence-electron chi connectivity index (χ1n) is 11.2. The Bertz CT molecular complexity index is 1180. The van der Waals surface area contributed by atoms with Gasteiger partial charge in [0.15, 0.2) is 5.69 Å². The average molecular weight is 451 g/mol. The van der Waals surface area contributed by atoms with E-state index in [9.17, 15) is 20.0 Å². The van der Waals surface area contributed by atoms with Crippen molar-refractivity contribution in [2.45, 2.75) is 53.1 Å². The highest BCUT2D eigenvalue weighted by molar-refractivity contribution is 5.94. The van der Waals surface area contributed by atoms with E-state index in [2.05, 4.69) is 31.0 Å². The van der Waals surface area contributed by atoms with Gasteiger partial charge in [-0.15, -0.1) is 10.2 Å². The lowest BCUT2D eigenvalue weighted by molar-refractivity contribution is -0.0160. The molecule has 0 aliphatic heterocycles. The number of carbonyl (C=O) groups excluding carboxylic acids is 1. The van der Waals surface area contributed by atoms with Crippen LogP contribution in [0.25, 0.3) is 0 Å². The molecule has 1 aromatic carbocycles. The van der Waals surface area contributed by atoms with Crippen molar-refractivity contribution >= 4 is 17.3 Å². The van der Waals surface area contributed by atoms with E-state index in [1.54, 1.807) is 24.3 Å². The number of esters is 1. The number of nitrogens with zero attached hydrogens (tertiary/aromatic N) is 4. The Labute approximate surface area is 193 Å². The Kier molecular flexibility index (Phi) is 7.32. The molecule has 33 heavy (non-hydrogen) atoms. The molecule has 174 valence electrons. The Balaban J connectivity index is 1.91. The van der Waals surface area contributed by atoms with Crippen LogP contribution in [0.5, 0.6) is 5.88 Å². The summed E-state index contributed by atoms with van der Waals surface area (Å²) in [5.41, 5.74) is 0.0278. The van der Waals surface area contributed by atoms with E-state index < -0.39 is 17.4 Å². The van der Waals surface area contributed by atoms with Crippen LogP contribution in [0.15, 0.2) is 39.3 Å². The zero-order valence-electron chi connectivity index (χ0n) is 19.7. The number of nitriles is 1. The molecular weight excluding hydrogens is 420 g/mol. The van der Waals surface area contributed by atoms with Crippen molar-refractivity contribution in [2.75, 3.05) is 0 Å². The summed E-state index contributed by atoms with van der Waals surface area (Å²) in [6.07, 6.45) is 2.73. The zero-order chi connectivity index (χ0) is 24.3. The van der Waals surface area contributed by atoms with Gasteiger partial charge in [-0.25, -0.2) is 4.79 Å². The summed E-state index contributed by atoms with van der Waals surface area (Å²) in [7, 11) is 1.35. The second kappa shape index (κ2) is 9.99. The third kappa shape index (κ3) is 4.98. The molecule has 8 nitrogen and oxygen atoms in total. The summed E-state index contributed by atoms with van der Waals surface area (Å²) < 4.78 is 6.87. The van der Waals surface area contributed by atoms with E-state index in [0.717, 1.165) is 23.8 Å². The van der Waals surface area contributed by atoms with Gasteiger partial charge in [-0.2, -0.15) is 5.26 Å². The van der Waals surface area contributed by atoms with Crippen molar-refractivity contribution in [3.05, 3.63) is 51.3 Å². The number of pyridine rings is 1. The van der Waals surface area contributed by atoms with Crippen molar-refractivity contribution in [1.29, 1.82) is 5.26 Å². The fraction of sp³-hybridized carbons (Fsp3) is 0.480. The van der Waals surface area contributed by atoms with Gasteiger partial charge in [0.1, 0.15) is 23.4 Å². The highest BCUT2D eigenvalue weighted by atomic mass is 16.5. The van der Waals surface area contributed by atoms with Crippen LogP contribution in [0.2, 0.25) is 0 Å². The molecule has 1 heterocycles. The molecule has 8 heteroatoms. The molecular formula is C25H30N4O4. The maximum atomic E-state index is 13.1. The fourth-order valence-electron chi connectivity index (χ4n) is 4.40. The molecule has 1 aromatic heterocycles. The number of carbonyl (C=O) groups is 1. The molecule has 1 N–H and O–H groups in total. The summed E-state index contributed by atoms with van der Waals surface area (Å²) in [6, 6.07) is 8.55. The highest BCUT2D eigenvalue weighted by Crippen LogP contribution is 2.36. The molecule has 1 fully saturated rings. The van der Waals surface area contributed by atoms with Gasteiger partial charge < -0.3 is 9.84 Å². The van der Waals surface area contributed by atoms with Crippen molar-refractivity contribution in [3.8, 4) is 11.9 Å². The predicted octanol–water partition coefficient (Wildman–Crippen LogP) is 5.30. The first-order chi connectivity index (χ1) is 15.6. The van der Waals surface area contributed by atoms with Crippen molar-refractivity contribution in [2.24, 2.45) is 35.0 Å². The van der Waals surface area contributed by atoms with Gasteiger partial charge in [0.25, 0.3) is 5.56 Å². The second-order valence-electron chi connectivity index (χ2n) is 9.14. The first-order valence-corrected chi connectivity index (χ1v) is 11.2. The molecule has 1 aliphatic rings. The van der Waals surface area contributed by atoms with Gasteiger partial charge >= 0.3 is 5.97 Å². The van der Waals surface area contributed by atoms with Gasteiger partial charge in [-0.1, -0.05) is 32.9 Å². The molecule has 0 spiro atoms. The lowest BCUT2D eigenvalue weighted by Gasteiger charge is -2.36. The number of azo groups is 1. The smallest absolute Gasteiger partial charge is 0.340 e. The van der Waals surface area contributed by atoms with Gasteiger partial charge in [0.2, 0.25) is 5.88 Å². The number of aromatic nitrogens is 1. The monoisotopic (exact) mass is 450 g/mol. The third-order valence-electron chi connectivity index (χ3n) is 6.48. The SMILES string of the molecule is Cc1c(C#N)c(O)n(C)c(=O)c1N=Nc1ccccc1C(=O)OC1CCC(C)CC1C(C)C. The predicted molar refractivity (Wildman–Crippen MR) is 124 cm³/mol. The van der Waals surface area contributed by atoms with Crippen molar-refractivity contribution < 1.29 is 14.6 Å². The second-order valence-corrected chi connectivity index (χ2v) is 9.14. The summed E-state index contributed by atoms with van der Waals surface area (Å²) in [6.45, 7) is 8.06. The molecule has 3 rings (SSSR count). The van der Waals surface area contributed by atoms with Crippen molar-refractivity contribution in [3.63, 3.8) is 0 Å². The molecule has 0 saturated heterocycles. The number of hydrogen-bond donors (Lipinski definition) is 1. The largest absolute Gasteiger partial charge is 0.493 e. The highest BCUT2D eigenvalue weighted by Gasteiger charge is 2.34. The van der Waals surface area contributed by atoms with E-state index in [0.29, 0.717) is 17.8 Å². The number of ether oxygens (including phenoxy) is 1. The maximum Gasteiger partial charge on any atom is 0.340 e. The van der Waals surface area contributed by atoms with E-state index in [4.69, 9.17) is 4.74 Å². The quantitative estimate of drug-likeness (QED) is 0.490. The standard InChI is InChI=1S/C25H30N4O4/c1-14(2)18-12-15(3)10-11-21(18)33-25(32)17-8-6-7-9-20(17)27-28-22-16(4)19(13-26)23(30)29(5)24(22)31/h6-9,14-15,18,21,30H,10-12H2,1-5H3. The first kappa shape index (κ1) is 24.2. The van der Waals surface area contributed by atoms with Crippen molar-refractivity contribution in [1.82, 2.24) is 4.57 Å². The van der Waals surface area contributed by atoms with Gasteiger partial charge in [0, 0.05) is 12.6 Å². The maximum absolute atomic E-state index is 13.1. The van der Waals surface area contributed by atoms with Gasteiger partial charge in [0.05, 0.1) is 5.56 Å². The van der Waals surface area contributed by atoms with Gasteiger partial charge in [-0.05, 0) is 56.1 Å². The summed E-state index contributed by atoms with van der Waals surface area (Å²) in [5.74, 6) is 0.428. The lowest BCUT2D eigenvalue weighted by Crippen LogP contribution is -2.35. The minimum atomic E-state index is -0.594. The van der Waals surface area contributed by atoms with E-state index in [-0.39, 0.29) is 34.2 Å². The molecule has 0 radical (unpaired) electrons. The molecule has 0 bridgehead atoms. The Morgan fingerprint density at radius 2 is 1.97 bits per heavy atom. The third-order valence-corrected chi connectivity index (χ3v) is 6.48. The molecule has 0 amide bonds. The van der Waals surface area contributed by atoms with Crippen LogP contribution in [-0.4, -0.2) is 21.7 Å². The topological polar surface area (TPSA) is 117 Å². The Morgan fingerprint density at radius 1 is 1.27 bits per heavy atom. The van der Waals surface area contributed by atoms with Crippen LogP contribution >= 0.6 is 0 Å². The zero-order valence-corrected chi connectivity index (χ0v) is 19.7. The number of rotatable bonds is 5. The fourth-order valence-corrected chi connectivity index (χ4v) is 4.40. The van der Waals surface area contributed by atoms with Crippen LogP contribution in [-0.2, 0) is 11.8 Å². The molecule has 3 atom stereocenters. The number of aromatic hydroxyl groups is 1. The van der Waals surface area contributed by atoms with E-state index in [1.807, 2.05) is 6.07 Å². The minimum Gasteiger partial charge on any atom is -0.493 e. The summed E-state index contributed by atoms with van der Waals surface area (Å²) >= 11 is 0.